The van der Waals surface area contributed by atoms with E-state index in [2.05, 4.69) is 12.2 Å². The summed E-state index contributed by atoms with van der Waals surface area (Å²) < 4.78 is 0. The van der Waals surface area contributed by atoms with Gasteiger partial charge in [-0.15, -0.1) is 0 Å². The van der Waals surface area contributed by atoms with Crippen molar-refractivity contribution in [3.63, 3.8) is 0 Å². The maximum atomic E-state index is 6.19. The molecule has 0 radical (unpaired) electrons. The van der Waals surface area contributed by atoms with Crippen molar-refractivity contribution < 1.29 is 0 Å². The van der Waals surface area contributed by atoms with Gasteiger partial charge >= 0.3 is 0 Å². The van der Waals surface area contributed by atoms with E-state index in [4.69, 9.17) is 28.9 Å². The number of rotatable bonds is 1. The Hall–Kier alpha value is -0.660. The summed E-state index contributed by atoms with van der Waals surface area (Å²) in [6.45, 7) is 0. The molecule has 0 saturated heterocycles. The van der Waals surface area contributed by atoms with Crippen LogP contribution in [0.4, 0.5) is 0 Å². The van der Waals surface area contributed by atoms with E-state index < -0.39 is 0 Å². The van der Waals surface area contributed by atoms with Crippen molar-refractivity contribution in [1.82, 2.24) is 0 Å². The van der Waals surface area contributed by atoms with Crippen LogP contribution in [0.15, 0.2) is 45.1 Å². The Bertz CT molecular complexity index is 400. The topological polar surface area (TPSA) is 26.0 Å². The molecule has 0 aromatic carbocycles. The number of hydrogen-bond donors (Lipinski definition) is 1. The number of nitrogens with two attached hydrogens (primary N) is 1. The van der Waals surface area contributed by atoms with Crippen molar-refractivity contribution in [2.75, 3.05) is 0 Å². The van der Waals surface area contributed by atoms with Crippen molar-refractivity contribution in [2.24, 2.45) is 5.73 Å². The van der Waals surface area contributed by atoms with Gasteiger partial charge in [-0.3, -0.25) is 0 Å². The lowest BCUT2D eigenvalue weighted by molar-refractivity contribution is 1.01. The van der Waals surface area contributed by atoms with Crippen LogP contribution in [0.2, 0.25) is 0 Å². The van der Waals surface area contributed by atoms with Crippen LogP contribution in [0, 0.1) is 0 Å². The van der Waals surface area contributed by atoms with E-state index in [0.29, 0.717) is 0 Å². The average Bonchev–Trinajstić information content (AvgIpc) is 2.77. The molecular weight excluding hydrogens is 229 g/mol. The quantitative estimate of drug-likeness (QED) is 0.739. The van der Waals surface area contributed by atoms with E-state index in [-0.39, 0.29) is 0 Å². The van der Waals surface area contributed by atoms with Crippen LogP contribution in [0.1, 0.15) is 25.7 Å². The molecule has 0 saturated carbocycles. The molecule has 2 aliphatic rings. The summed E-state index contributed by atoms with van der Waals surface area (Å²) in [4.78, 5) is 0. The van der Waals surface area contributed by atoms with Crippen molar-refractivity contribution in [3.05, 3.63) is 45.1 Å². The van der Waals surface area contributed by atoms with Crippen LogP contribution in [0.3, 0.4) is 0 Å². The maximum absolute atomic E-state index is 6.19. The van der Waals surface area contributed by atoms with Gasteiger partial charge in [0.05, 0.1) is 0 Å². The van der Waals surface area contributed by atoms with Crippen LogP contribution in [0.25, 0.3) is 0 Å². The van der Waals surface area contributed by atoms with Gasteiger partial charge in [-0.25, -0.2) is 0 Å². The summed E-state index contributed by atoms with van der Waals surface area (Å²) in [5.41, 5.74) is 8.89. The van der Waals surface area contributed by atoms with Crippen LogP contribution in [-0.2, 0) is 0 Å². The van der Waals surface area contributed by atoms with Gasteiger partial charge in [0.1, 0.15) is 0 Å². The fourth-order valence-electron chi connectivity index (χ4n) is 1.94. The summed E-state index contributed by atoms with van der Waals surface area (Å²) in [5.74, 6) is 0. The SMILES string of the molecule is N/C=C1\CCC(/C=C2\CCC=C2Cl)=C1Cl. The minimum Gasteiger partial charge on any atom is -0.404 e. The zero-order valence-corrected chi connectivity index (χ0v) is 9.91. The zero-order chi connectivity index (χ0) is 10.8. The predicted molar refractivity (Wildman–Crippen MR) is 65.6 cm³/mol. The molecule has 0 bridgehead atoms. The Labute approximate surface area is 99.9 Å². The standard InChI is InChI=1S/C12H13Cl2N/c13-11-3-1-2-8(11)6-9-4-5-10(7-15)12(9)14/h3,6-7H,1-2,4-5,15H2/b8-6+,10-7+. The second kappa shape index (κ2) is 4.46. The maximum Gasteiger partial charge on any atom is 0.0484 e. The predicted octanol–water partition coefficient (Wildman–Crippen LogP) is 3.96. The van der Waals surface area contributed by atoms with Crippen LogP contribution < -0.4 is 5.73 Å². The van der Waals surface area contributed by atoms with Crippen LogP contribution >= 0.6 is 23.2 Å². The molecule has 0 aliphatic heterocycles. The molecule has 0 fully saturated rings. The van der Waals surface area contributed by atoms with E-state index >= 15 is 0 Å². The Kier molecular flexibility index (Phi) is 3.22. The van der Waals surface area contributed by atoms with Gasteiger partial charge in [0.25, 0.3) is 0 Å². The highest BCUT2D eigenvalue weighted by Crippen LogP contribution is 2.37. The Morgan fingerprint density at radius 3 is 2.47 bits per heavy atom. The third-order valence-electron chi connectivity index (χ3n) is 2.82. The molecule has 0 spiro atoms. The molecule has 0 aromatic heterocycles. The first-order valence-electron chi connectivity index (χ1n) is 5.08. The lowest BCUT2D eigenvalue weighted by atomic mass is 10.1. The van der Waals surface area contributed by atoms with Crippen molar-refractivity contribution >= 4 is 23.2 Å². The molecule has 1 nitrogen and oxygen atoms in total. The summed E-state index contributed by atoms with van der Waals surface area (Å²) >= 11 is 12.3. The summed E-state index contributed by atoms with van der Waals surface area (Å²) in [5, 5.41) is 1.68. The Balaban J connectivity index is 2.27. The van der Waals surface area contributed by atoms with Gasteiger partial charge in [-0.05, 0) is 48.6 Å². The Morgan fingerprint density at radius 1 is 1.13 bits per heavy atom. The fourth-order valence-corrected chi connectivity index (χ4v) is 2.51. The van der Waals surface area contributed by atoms with E-state index in [1.54, 1.807) is 6.20 Å². The second-order valence-corrected chi connectivity index (χ2v) is 4.58. The first-order chi connectivity index (χ1) is 7.22. The first kappa shape index (κ1) is 10.8. The molecule has 0 unspecified atom stereocenters. The van der Waals surface area contributed by atoms with Gasteiger partial charge < -0.3 is 5.73 Å². The third-order valence-corrected chi connectivity index (χ3v) is 3.70. The molecule has 2 rings (SSSR count). The van der Waals surface area contributed by atoms with Gasteiger partial charge in [0.2, 0.25) is 0 Å². The van der Waals surface area contributed by atoms with E-state index in [1.807, 2.05) is 0 Å². The van der Waals surface area contributed by atoms with E-state index in [9.17, 15) is 0 Å². The monoisotopic (exact) mass is 241 g/mol. The lowest BCUT2D eigenvalue weighted by Gasteiger charge is -1.99. The Morgan fingerprint density at radius 2 is 1.93 bits per heavy atom. The van der Waals surface area contributed by atoms with Gasteiger partial charge in [-0.1, -0.05) is 35.4 Å². The van der Waals surface area contributed by atoms with Crippen molar-refractivity contribution in [3.8, 4) is 0 Å². The fraction of sp³-hybridized carbons (Fsp3) is 0.333. The van der Waals surface area contributed by atoms with Crippen LogP contribution in [0.5, 0.6) is 0 Å². The highest BCUT2D eigenvalue weighted by molar-refractivity contribution is 6.33. The number of halogens is 2. The summed E-state index contributed by atoms with van der Waals surface area (Å²) in [6.07, 6.45) is 9.73. The van der Waals surface area contributed by atoms with Crippen LogP contribution in [-0.4, -0.2) is 0 Å². The number of hydrogen-bond acceptors (Lipinski definition) is 1. The molecule has 0 atom stereocenters. The molecule has 0 aromatic rings. The molecule has 0 amide bonds. The molecule has 80 valence electrons. The average molecular weight is 242 g/mol. The zero-order valence-electron chi connectivity index (χ0n) is 8.39. The minimum atomic E-state index is 0.807. The molecule has 3 heteroatoms. The molecule has 0 heterocycles. The van der Waals surface area contributed by atoms with Gasteiger partial charge in [0.15, 0.2) is 0 Å². The molecular formula is C12H13Cl2N. The molecule has 15 heavy (non-hydrogen) atoms. The first-order valence-corrected chi connectivity index (χ1v) is 5.84. The smallest absolute Gasteiger partial charge is 0.0484 e. The largest absolute Gasteiger partial charge is 0.404 e. The molecule has 2 aliphatic carbocycles. The van der Waals surface area contributed by atoms with Gasteiger partial charge in [-0.2, -0.15) is 0 Å². The van der Waals surface area contributed by atoms with Gasteiger partial charge in [0, 0.05) is 10.1 Å². The highest BCUT2D eigenvalue weighted by Gasteiger charge is 2.18. The van der Waals surface area contributed by atoms with E-state index in [0.717, 1.165) is 46.9 Å². The summed E-state index contributed by atoms with van der Waals surface area (Å²) in [7, 11) is 0. The van der Waals surface area contributed by atoms with Crippen molar-refractivity contribution in [2.45, 2.75) is 25.7 Å². The van der Waals surface area contributed by atoms with Crippen molar-refractivity contribution in [1.29, 1.82) is 0 Å². The van der Waals surface area contributed by atoms with E-state index in [1.165, 1.54) is 5.57 Å². The molecule has 2 N–H and O–H groups in total. The lowest BCUT2D eigenvalue weighted by Crippen LogP contribution is -1.84. The number of allylic oxidation sites excluding steroid dienone is 7. The third kappa shape index (κ3) is 2.14. The minimum absolute atomic E-state index is 0.807. The normalized spacial score (nSPS) is 26.9. The second-order valence-electron chi connectivity index (χ2n) is 3.79. The highest BCUT2D eigenvalue weighted by atomic mass is 35.5. The summed E-state index contributed by atoms with van der Waals surface area (Å²) in [6, 6.07) is 0.